The Morgan fingerprint density at radius 2 is 1.85 bits per heavy atom. The molecule has 0 spiro atoms. The van der Waals surface area contributed by atoms with Crippen LogP contribution in [0.1, 0.15) is 46.0 Å². The Bertz CT molecular complexity index is 414. The maximum atomic E-state index is 5.62. The smallest absolute Gasteiger partial charge is 0.191 e. The largest absolute Gasteiger partial charge is 0.382 e. The fourth-order valence-electron chi connectivity index (χ4n) is 4.20. The van der Waals surface area contributed by atoms with E-state index < -0.39 is 0 Å². The fraction of sp³-hybridized carbons (Fsp3) is 0.950. The molecule has 1 saturated heterocycles. The molecule has 6 nitrogen and oxygen atoms in total. The second-order valence-corrected chi connectivity index (χ2v) is 8.15. The third kappa shape index (κ3) is 6.71. The van der Waals surface area contributed by atoms with Gasteiger partial charge in [0.25, 0.3) is 0 Å². The van der Waals surface area contributed by atoms with Crippen LogP contribution in [-0.2, 0) is 4.74 Å². The summed E-state index contributed by atoms with van der Waals surface area (Å²) in [5.74, 6) is 0.939. The first kappa shape index (κ1) is 21.5. The molecule has 6 heteroatoms. The minimum Gasteiger partial charge on any atom is -0.382 e. The van der Waals surface area contributed by atoms with Crippen LogP contribution in [0.3, 0.4) is 0 Å². The summed E-state index contributed by atoms with van der Waals surface area (Å²) in [6.07, 6.45) is 6.46. The van der Waals surface area contributed by atoms with Crippen molar-refractivity contribution in [1.29, 1.82) is 0 Å². The molecule has 1 atom stereocenters. The molecule has 0 aromatic heterocycles. The summed E-state index contributed by atoms with van der Waals surface area (Å²) >= 11 is 0. The van der Waals surface area contributed by atoms with Crippen LogP contribution in [0.2, 0.25) is 0 Å². The quantitative estimate of drug-likeness (QED) is 0.370. The molecular weight excluding hydrogens is 326 g/mol. The highest BCUT2D eigenvalue weighted by Gasteiger charge is 2.33. The van der Waals surface area contributed by atoms with Crippen molar-refractivity contribution in [1.82, 2.24) is 20.4 Å². The van der Waals surface area contributed by atoms with Gasteiger partial charge in [-0.15, -0.1) is 0 Å². The van der Waals surface area contributed by atoms with E-state index in [1.165, 1.54) is 38.8 Å². The molecule has 26 heavy (non-hydrogen) atoms. The summed E-state index contributed by atoms with van der Waals surface area (Å²) in [6.45, 7) is 12.7. The zero-order chi connectivity index (χ0) is 18.8. The molecule has 0 bridgehead atoms. The number of hydrogen-bond donors (Lipinski definition) is 2. The third-order valence-corrected chi connectivity index (χ3v) is 6.23. The second kappa shape index (κ2) is 11.1. The average molecular weight is 368 g/mol. The second-order valence-electron chi connectivity index (χ2n) is 8.15. The van der Waals surface area contributed by atoms with Crippen LogP contribution in [0.15, 0.2) is 4.99 Å². The number of rotatable bonds is 9. The lowest BCUT2D eigenvalue weighted by atomic mass is 9.83. The van der Waals surface area contributed by atoms with Gasteiger partial charge in [-0.05, 0) is 45.6 Å². The molecular formula is C20H41N5O. The van der Waals surface area contributed by atoms with Gasteiger partial charge in [0.1, 0.15) is 0 Å². The fourth-order valence-corrected chi connectivity index (χ4v) is 4.20. The van der Waals surface area contributed by atoms with Gasteiger partial charge in [0.05, 0.1) is 0 Å². The van der Waals surface area contributed by atoms with E-state index in [9.17, 15) is 0 Å². The van der Waals surface area contributed by atoms with Crippen molar-refractivity contribution in [3.05, 3.63) is 0 Å². The molecule has 2 aliphatic rings. The molecule has 1 unspecified atom stereocenters. The predicted octanol–water partition coefficient (Wildman–Crippen LogP) is 1.77. The Morgan fingerprint density at radius 3 is 2.46 bits per heavy atom. The molecule has 1 heterocycles. The van der Waals surface area contributed by atoms with Gasteiger partial charge in [0.2, 0.25) is 0 Å². The highest BCUT2D eigenvalue weighted by Crippen LogP contribution is 2.40. The lowest BCUT2D eigenvalue weighted by Gasteiger charge is -2.36. The van der Waals surface area contributed by atoms with Gasteiger partial charge in [-0.2, -0.15) is 0 Å². The van der Waals surface area contributed by atoms with E-state index in [1.807, 2.05) is 7.05 Å². The van der Waals surface area contributed by atoms with Crippen LogP contribution >= 0.6 is 0 Å². The number of likely N-dealkylation sites (N-methyl/N-ethyl adjacent to an activating group) is 1. The molecule has 1 saturated carbocycles. The van der Waals surface area contributed by atoms with E-state index in [2.05, 4.69) is 46.3 Å². The van der Waals surface area contributed by atoms with E-state index in [0.717, 1.165) is 51.8 Å². The summed E-state index contributed by atoms with van der Waals surface area (Å²) in [6, 6.07) is 0.528. The van der Waals surface area contributed by atoms with Gasteiger partial charge in [-0.25, -0.2) is 0 Å². The van der Waals surface area contributed by atoms with Crippen molar-refractivity contribution in [2.45, 2.75) is 52.0 Å². The SMILES string of the molecule is CCOCCC1(CNC(=NC)NCC(C)N2CCN(C)CC2)CCCC1. The Morgan fingerprint density at radius 1 is 1.15 bits per heavy atom. The van der Waals surface area contributed by atoms with Gasteiger partial charge in [-0.1, -0.05) is 12.8 Å². The van der Waals surface area contributed by atoms with Crippen LogP contribution in [0, 0.1) is 5.41 Å². The monoisotopic (exact) mass is 367 g/mol. The van der Waals surface area contributed by atoms with Gasteiger partial charge in [0, 0.05) is 65.6 Å². The lowest BCUT2D eigenvalue weighted by molar-refractivity contribution is 0.105. The Hall–Kier alpha value is -0.850. The van der Waals surface area contributed by atoms with Crippen LogP contribution in [0.5, 0.6) is 0 Å². The van der Waals surface area contributed by atoms with Crippen molar-refractivity contribution in [3.8, 4) is 0 Å². The minimum atomic E-state index is 0.385. The first-order valence-corrected chi connectivity index (χ1v) is 10.5. The number of nitrogens with one attached hydrogen (secondary N) is 2. The van der Waals surface area contributed by atoms with Crippen molar-refractivity contribution >= 4 is 5.96 Å². The van der Waals surface area contributed by atoms with Crippen LogP contribution in [-0.4, -0.2) is 88.4 Å². The number of hydrogen-bond acceptors (Lipinski definition) is 4. The van der Waals surface area contributed by atoms with Crippen LogP contribution < -0.4 is 10.6 Å². The number of aliphatic imine (C=N–C) groups is 1. The van der Waals surface area contributed by atoms with E-state index in [0.29, 0.717) is 11.5 Å². The maximum Gasteiger partial charge on any atom is 0.191 e. The first-order chi connectivity index (χ1) is 12.6. The molecule has 0 aromatic carbocycles. The average Bonchev–Trinajstić information content (AvgIpc) is 3.11. The zero-order valence-electron chi connectivity index (χ0n) is 17.5. The number of ether oxygens (including phenoxy) is 1. The van der Waals surface area contributed by atoms with Gasteiger partial charge < -0.3 is 20.3 Å². The van der Waals surface area contributed by atoms with E-state index in [4.69, 9.17) is 4.74 Å². The molecule has 2 N–H and O–H groups in total. The van der Waals surface area contributed by atoms with Crippen molar-refractivity contribution in [2.75, 3.05) is 66.6 Å². The number of guanidine groups is 1. The Balaban J connectivity index is 1.74. The molecule has 1 aliphatic heterocycles. The standard InChI is InChI=1S/C20H41N5O/c1-5-26-15-10-20(8-6-7-9-20)17-23-19(21-3)22-16-18(2)25-13-11-24(4)12-14-25/h18H,5-17H2,1-4H3,(H2,21,22,23). The van der Waals surface area contributed by atoms with Crippen LogP contribution in [0.25, 0.3) is 0 Å². The third-order valence-electron chi connectivity index (χ3n) is 6.23. The molecule has 1 aliphatic carbocycles. The summed E-state index contributed by atoms with van der Waals surface area (Å²) in [5.41, 5.74) is 0.385. The predicted molar refractivity (Wildman–Crippen MR) is 110 cm³/mol. The van der Waals surface area contributed by atoms with Gasteiger partial charge in [0.15, 0.2) is 5.96 Å². The first-order valence-electron chi connectivity index (χ1n) is 10.5. The minimum absolute atomic E-state index is 0.385. The van der Waals surface area contributed by atoms with Crippen molar-refractivity contribution < 1.29 is 4.74 Å². The van der Waals surface area contributed by atoms with E-state index in [-0.39, 0.29) is 0 Å². The molecule has 2 rings (SSSR count). The van der Waals surface area contributed by atoms with E-state index >= 15 is 0 Å². The van der Waals surface area contributed by atoms with Crippen molar-refractivity contribution in [2.24, 2.45) is 10.4 Å². The van der Waals surface area contributed by atoms with Crippen molar-refractivity contribution in [3.63, 3.8) is 0 Å². The summed E-state index contributed by atoms with van der Waals surface area (Å²) in [4.78, 5) is 9.42. The molecule has 0 aromatic rings. The van der Waals surface area contributed by atoms with Crippen LogP contribution in [0.4, 0.5) is 0 Å². The molecule has 0 amide bonds. The summed E-state index contributed by atoms with van der Waals surface area (Å²) in [7, 11) is 4.08. The summed E-state index contributed by atoms with van der Waals surface area (Å²) in [5, 5.41) is 7.14. The number of nitrogens with zero attached hydrogens (tertiary/aromatic N) is 3. The highest BCUT2D eigenvalue weighted by molar-refractivity contribution is 5.79. The molecule has 0 radical (unpaired) electrons. The number of piperazine rings is 1. The highest BCUT2D eigenvalue weighted by atomic mass is 16.5. The molecule has 2 fully saturated rings. The van der Waals surface area contributed by atoms with Gasteiger partial charge >= 0.3 is 0 Å². The normalized spacial score (nSPS) is 23.2. The molecule has 152 valence electrons. The van der Waals surface area contributed by atoms with Gasteiger partial charge in [-0.3, -0.25) is 9.89 Å². The Kier molecular flexibility index (Phi) is 9.16. The Labute approximate surface area is 160 Å². The topological polar surface area (TPSA) is 52.1 Å². The van der Waals surface area contributed by atoms with E-state index in [1.54, 1.807) is 0 Å². The maximum absolute atomic E-state index is 5.62. The lowest BCUT2D eigenvalue weighted by Crippen LogP contribution is -2.52. The zero-order valence-corrected chi connectivity index (χ0v) is 17.5. The summed E-state index contributed by atoms with van der Waals surface area (Å²) < 4.78 is 5.62.